The summed E-state index contributed by atoms with van der Waals surface area (Å²) < 4.78 is 25.4. The van der Waals surface area contributed by atoms with Crippen LogP contribution >= 0.6 is 22.6 Å². The Balaban J connectivity index is 1.65. The molecule has 9 heteroatoms. The van der Waals surface area contributed by atoms with Crippen LogP contribution in [0.4, 0.5) is 4.39 Å². The highest BCUT2D eigenvalue weighted by Gasteiger charge is 2.24. The lowest BCUT2D eigenvalue weighted by Gasteiger charge is -2.20. The number of methoxy groups -OCH3 is 1. The predicted molar refractivity (Wildman–Crippen MR) is 145 cm³/mol. The number of rotatable bonds is 10. The summed E-state index contributed by atoms with van der Waals surface area (Å²) in [6.45, 7) is 4.01. The van der Waals surface area contributed by atoms with E-state index in [-0.39, 0.29) is 11.5 Å². The average molecular weight is 603 g/mol. The van der Waals surface area contributed by atoms with Crippen LogP contribution in [0.25, 0.3) is 0 Å². The van der Waals surface area contributed by atoms with Crippen LogP contribution in [0.3, 0.4) is 0 Å². The molecule has 36 heavy (non-hydrogen) atoms. The quantitative estimate of drug-likeness (QED) is 0.196. The molecule has 2 N–H and O–H groups in total. The molecule has 0 saturated heterocycles. The van der Waals surface area contributed by atoms with E-state index < -0.39 is 23.7 Å². The van der Waals surface area contributed by atoms with E-state index in [0.717, 1.165) is 9.13 Å². The molecule has 0 aromatic heterocycles. The van der Waals surface area contributed by atoms with Crippen molar-refractivity contribution in [3.8, 4) is 11.5 Å². The van der Waals surface area contributed by atoms with Gasteiger partial charge >= 0.3 is 0 Å². The summed E-state index contributed by atoms with van der Waals surface area (Å²) in [6.07, 6.45) is 1.49. The van der Waals surface area contributed by atoms with Gasteiger partial charge in [0.25, 0.3) is 11.8 Å². The Morgan fingerprint density at radius 2 is 1.78 bits per heavy atom. The van der Waals surface area contributed by atoms with Crippen molar-refractivity contribution in [2.75, 3.05) is 7.11 Å². The van der Waals surface area contributed by atoms with E-state index in [2.05, 4.69) is 38.4 Å². The minimum atomic E-state index is -0.830. The van der Waals surface area contributed by atoms with Crippen molar-refractivity contribution in [1.82, 2.24) is 10.7 Å². The third-order valence-corrected chi connectivity index (χ3v) is 6.01. The normalized spacial score (nSPS) is 11.8. The number of amides is 2. The number of hydrazone groups is 1. The van der Waals surface area contributed by atoms with E-state index in [9.17, 15) is 14.0 Å². The minimum Gasteiger partial charge on any atom is -0.493 e. The number of hydrogen-bond donors (Lipinski definition) is 2. The summed E-state index contributed by atoms with van der Waals surface area (Å²) in [6, 6.07) is 17.7. The number of carbonyl (C=O) groups excluding carboxylic acids is 2. The summed E-state index contributed by atoms with van der Waals surface area (Å²) in [7, 11) is 1.56. The molecule has 0 spiro atoms. The fourth-order valence-corrected chi connectivity index (χ4v) is 4.07. The number of benzene rings is 3. The van der Waals surface area contributed by atoms with Crippen molar-refractivity contribution >= 4 is 40.6 Å². The third kappa shape index (κ3) is 7.51. The van der Waals surface area contributed by atoms with Crippen LogP contribution in [0.2, 0.25) is 0 Å². The number of nitrogens with one attached hydrogen (secondary N) is 2. The number of ether oxygens (including phenoxy) is 2. The van der Waals surface area contributed by atoms with Gasteiger partial charge in [0.05, 0.1) is 16.9 Å². The Morgan fingerprint density at radius 3 is 2.42 bits per heavy atom. The van der Waals surface area contributed by atoms with Crippen LogP contribution in [0.1, 0.15) is 35.3 Å². The molecular formula is C27H27FIN3O4. The molecule has 188 valence electrons. The van der Waals surface area contributed by atoms with Crippen molar-refractivity contribution in [2.45, 2.75) is 26.5 Å². The van der Waals surface area contributed by atoms with Crippen LogP contribution in [0, 0.1) is 15.3 Å². The zero-order chi connectivity index (χ0) is 26.1. The van der Waals surface area contributed by atoms with E-state index in [4.69, 9.17) is 9.47 Å². The smallest absolute Gasteiger partial charge is 0.262 e. The first-order valence-corrected chi connectivity index (χ1v) is 12.3. The highest BCUT2D eigenvalue weighted by molar-refractivity contribution is 14.1. The van der Waals surface area contributed by atoms with Crippen LogP contribution in [-0.2, 0) is 11.4 Å². The number of carbonyl (C=O) groups is 2. The van der Waals surface area contributed by atoms with Gasteiger partial charge in [-0.05, 0) is 76.0 Å². The van der Waals surface area contributed by atoms with Gasteiger partial charge in [-0.3, -0.25) is 9.59 Å². The number of halogens is 2. The lowest BCUT2D eigenvalue weighted by atomic mass is 10.0. The van der Waals surface area contributed by atoms with E-state index >= 15 is 0 Å². The summed E-state index contributed by atoms with van der Waals surface area (Å²) in [4.78, 5) is 25.2. The maximum absolute atomic E-state index is 13.1. The van der Waals surface area contributed by atoms with Gasteiger partial charge in [0, 0.05) is 5.56 Å². The van der Waals surface area contributed by atoms with Crippen LogP contribution < -0.4 is 20.2 Å². The third-order valence-electron chi connectivity index (χ3n) is 5.21. The highest BCUT2D eigenvalue weighted by Crippen LogP contribution is 2.34. The molecule has 0 aliphatic heterocycles. The largest absolute Gasteiger partial charge is 0.493 e. The second-order valence-electron chi connectivity index (χ2n) is 8.24. The molecule has 1 unspecified atom stereocenters. The van der Waals surface area contributed by atoms with Gasteiger partial charge in [-0.2, -0.15) is 5.10 Å². The Hall–Kier alpha value is -3.47. The van der Waals surface area contributed by atoms with E-state index in [0.29, 0.717) is 23.7 Å². The first kappa shape index (κ1) is 27.1. The summed E-state index contributed by atoms with van der Waals surface area (Å²) >= 11 is 2.16. The topological polar surface area (TPSA) is 89.0 Å². The van der Waals surface area contributed by atoms with Crippen molar-refractivity contribution in [1.29, 1.82) is 0 Å². The molecule has 7 nitrogen and oxygen atoms in total. The fourth-order valence-electron chi connectivity index (χ4n) is 3.28. The fraction of sp³-hybridized carbons (Fsp3) is 0.222. The Bertz CT molecular complexity index is 1220. The predicted octanol–water partition coefficient (Wildman–Crippen LogP) is 4.92. The molecular weight excluding hydrogens is 576 g/mol. The van der Waals surface area contributed by atoms with Crippen molar-refractivity contribution in [3.63, 3.8) is 0 Å². The Morgan fingerprint density at radius 1 is 1.08 bits per heavy atom. The van der Waals surface area contributed by atoms with Gasteiger partial charge in [0.2, 0.25) is 0 Å². The van der Waals surface area contributed by atoms with Gasteiger partial charge in [-0.15, -0.1) is 0 Å². The monoisotopic (exact) mass is 603 g/mol. The molecule has 0 aliphatic rings. The zero-order valence-electron chi connectivity index (χ0n) is 20.1. The molecule has 0 saturated carbocycles. The standard InChI is InChI=1S/C27H27FIN3O4/c1-17(2)24(31-26(33)20-9-11-21(28)12-10-20)27(34)32-30-15-19-13-22(29)25(23(14-19)35-3)36-16-18-7-5-4-6-8-18/h4-15,17,24H,16H2,1-3H3,(H,31,33)(H,32,34). The molecule has 0 heterocycles. The maximum atomic E-state index is 13.1. The van der Waals surface area contributed by atoms with E-state index in [1.165, 1.54) is 30.5 Å². The second kappa shape index (κ2) is 13.0. The van der Waals surface area contributed by atoms with E-state index in [1.807, 2.05) is 36.4 Å². The molecule has 0 radical (unpaired) electrons. The van der Waals surface area contributed by atoms with E-state index in [1.54, 1.807) is 27.0 Å². The Labute approximate surface area is 223 Å². The van der Waals surface area contributed by atoms with Crippen LogP contribution in [-0.4, -0.2) is 31.2 Å². The molecule has 0 bridgehead atoms. The maximum Gasteiger partial charge on any atom is 0.262 e. The minimum absolute atomic E-state index is 0.202. The molecule has 3 aromatic carbocycles. The van der Waals surface area contributed by atoms with Gasteiger partial charge < -0.3 is 14.8 Å². The van der Waals surface area contributed by atoms with Crippen LogP contribution in [0.15, 0.2) is 71.8 Å². The summed E-state index contributed by atoms with van der Waals surface area (Å²) in [5.74, 6) is -0.434. The number of hydrogen-bond acceptors (Lipinski definition) is 5. The molecule has 2 amide bonds. The molecule has 0 aliphatic carbocycles. The van der Waals surface area contributed by atoms with Gasteiger partial charge in [-0.1, -0.05) is 44.2 Å². The lowest BCUT2D eigenvalue weighted by molar-refractivity contribution is -0.123. The van der Waals surface area contributed by atoms with Gasteiger partial charge in [0.15, 0.2) is 11.5 Å². The number of nitrogens with zero attached hydrogens (tertiary/aromatic N) is 1. The first-order chi connectivity index (χ1) is 17.3. The summed E-state index contributed by atoms with van der Waals surface area (Å²) in [5.41, 5.74) is 4.47. The highest BCUT2D eigenvalue weighted by atomic mass is 127. The molecule has 0 fully saturated rings. The molecule has 3 rings (SSSR count). The molecule has 1 atom stereocenters. The average Bonchev–Trinajstić information content (AvgIpc) is 2.87. The van der Waals surface area contributed by atoms with Crippen LogP contribution in [0.5, 0.6) is 11.5 Å². The first-order valence-electron chi connectivity index (χ1n) is 11.2. The van der Waals surface area contributed by atoms with Gasteiger partial charge in [0.1, 0.15) is 18.5 Å². The Kier molecular flexibility index (Phi) is 9.80. The summed E-state index contributed by atoms with van der Waals surface area (Å²) in [5, 5.41) is 6.73. The van der Waals surface area contributed by atoms with Crippen molar-refractivity contribution in [2.24, 2.45) is 11.0 Å². The lowest BCUT2D eigenvalue weighted by Crippen LogP contribution is -2.48. The zero-order valence-corrected chi connectivity index (χ0v) is 22.3. The molecule has 3 aromatic rings. The van der Waals surface area contributed by atoms with Crippen molar-refractivity contribution < 1.29 is 23.5 Å². The van der Waals surface area contributed by atoms with Crippen molar-refractivity contribution in [3.05, 3.63) is 92.8 Å². The second-order valence-corrected chi connectivity index (χ2v) is 9.41. The van der Waals surface area contributed by atoms with Gasteiger partial charge in [-0.25, -0.2) is 9.82 Å². The SMILES string of the molecule is COc1cc(C=NNC(=O)C(NC(=O)c2ccc(F)cc2)C(C)C)cc(I)c1OCc1ccccc1.